The average molecular weight is 337 g/mol. The first-order valence-corrected chi connectivity index (χ1v) is 9.02. The molecule has 2 unspecified atom stereocenters. The highest BCUT2D eigenvalue weighted by atomic mass is 16.5. The standard InChI is InChI=1S/C17H27N3O4/c1-12(17(23)19-6-8-24-9-7-19)18-16(22)13-10-15(21)20(11-13)14-4-2-3-5-14/h12-14H,2-11H2,1H3,(H,18,22). The summed E-state index contributed by atoms with van der Waals surface area (Å²) >= 11 is 0. The van der Waals surface area contributed by atoms with Crippen molar-refractivity contribution in [3.63, 3.8) is 0 Å². The topological polar surface area (TPSA) is 79.0 Å². The van der Waals surface area contributed by atoms with E-state index in [1.807, 2.05) is 4.90 Å². The third-order valence-electron chi connectivity index (χ3n) is 5.35. The van der Waals surface area contributed by atoms with Crippen LogP contribution in [-0.4, -0.2) is 72.5 Å². The maximum Gasteiger partial charge on any atom is 0.245 e. The van der Waals surface area contributed by atoms with Crippen molar-refractivity contribution in [1.82, 2.24) is 15.1 Å². The van der Waals surface area contributed by atoms with Crippen LogP contribution in [0.5, 0.6) is 0 Å². The number of nitrogens with zero attached hydrogens (tertiary/aromatic N) is 2. The zero-order valence-electron chi connectivity index (χ0n) is 14.3. The fourth-order valence-electron chi connectivity index (χ4n) is 3.93. The van der Waals surface area contributed by atoms with Crippen LogP contribution in [0.1, 0.15) is 39.0 Å². The Morgan fingerprint density at radius 2 is 1.88 bits per heavy atom. The van der Waals surface area contributed by atoms with Gasteiger partial charge in [0.05, 0.1) is 19.1 Å². The molecule has 7 nitrogen and oxygen atoms in total. The largest absolute Gasteiger partial charge is 0.378 e. The number of hydrogen-bond donors (Lipinski definition) is 1. The molecule has 3 aliphatic rings. The summed E-state index contributed by atoms with van der Waals surface area (Å²) in [5, 5.41) is 2.80. The Bertz CT molecular complexity index is 498. The second-order valence-electron chi connectivity index (χ2n) is 7.05. The van der Waals surface area contributed by atoms with Gasteiger partial charge in [-0.25, -0.2) is 0 Å². The molecule has 0 aromatic rings. The summed E-state index contributed by atoms with van der Waals surface area (Å²) in [5.41, 5.74) is 0. The molecular formula is C17H27N3O4. The number of ether oxygens (including phenoxy) is 1. The minimum absolute atomic E-state index is 0.0780. The Labute approximate surface area is 142 Å². The van der Waals surface area contributed by atoms with E-state index in [1.165, 1.54) is 0 Å². The van der Waals surface area contributed by atoms with E-state index in [9.17, 15) is 14.4 Å². The zero-order valence-corrected chi connectivity index (χ0v) is 14.3. The first kappa shape index (κ1) is 17.2. The van der Waals surface area contributed by atoms with Crippen LogP contribution in [0.4, 0.5) is 0 Å². The van der Waals surface area contributed by atoms with Gasteiger partial charge in [-0.05, 0) is 19.8 Å². The van der Waals surface area contributed by atoms with Crippen molar-refractivity contribution in [1.29, 1.82) is 0 Å². The second-order valence-corrected chi connectivity index (χ2v) is 7.05. The van der Waals surface area contributed by atoms with Crippen molar-refractivity contribution < 1.29 is 19.1 Å². The van der Waals surface area contributed by atoms with Crippen molar-refractivity contribution in [2.75, 3.05) is 32.8 Å². The molecule has 2 aliphatic heterocycles. The second kappa shape index (κ2) is 7.51. The van der Waals surface area contributed by atoms with Crippen LogP contribution < -0.4 is 5.32 Å². The van der Waals surface area contributed by atoms with Crippen LogP contribution >= 0.6 is 0 Å². The van der Waals surface area contributed by atoms with Crippen LogP contribution in [0.3, 0.4) is 0 Å². The number of nitrogens with one attached hydrogen (secondary N) is 1. The molecule has 0 radical (unpaired) electrons. The van der Waals surface area contributed by atoms with Crippen molar-refractivity contribution >= 4 is 17.7 Å². The van der Waals surface area contributed by atoms with E-state index in [0.717, 1.165) is 25.7 Å². The van der Waals surface area contributed by atoms with Gasteiger partial charge >= 0.3 is 0 Å². The number of amides is 3. The molecule has 3 rings (SSSR count). The lowest BCUT2D eigenvalue weighted by molar-refractivity contribution is -0.140. The van der Waals surface area contributed by atoms with E-state index in [4.69, 9.17) is 4.74 Å². The molecule has 0 spiro atoms. The number of hydrogen-bond acceptors (Lipinski definition) is 4. The van der Waals surface area contributed by atoms with Crippen molar-refractivity contribution in [3.8, 4) is 0 Å². The van der Waals surface area contributed by atoms with Gasteiger partial charge in [-0.15, -0.1) is 0 Å². The Morgan fingerprint density at radius 3 is 2.54 bits per heavy atom. The molecule has 7 heteroatoms. The van der Waals surface area contributed by atoms with Gasteiger partial charge in [-0.2, -0.15) is 0 Å². The number of carbonyl (C=O) groups is 3. The average Bonchev–Trinajstić information content (AvgIpc) is 3.24. The van der Waals surface area contributed by atoms with Gasteiger partial charge < -0.3 is 19.9 Å². The Kier molecular flexibility index (Phi) is 5.38. The molecule has 2 heterocycles. The molecule has 1 N–H and O–H groups in total. The molecule has 0 aromatic carbocycles. The number of likely N-dealkylation sites (tertiary alicyclic amines) is 1. The first-order valence-electron chi connectivity index (χ1n) is 9.02. The lowest BCUT2D eigenvalue weighted by atomic mass is 10.1. The number of morpholine rings is 1. The summed E-state index contributed by atoms with van der Waals surface area (Å²) in [4.78, 5) is 40.6. The minimum Gasteiger partial charge on any atom is -0.378 e. The summed E-state index contributed by atoms with van der Waals surface area (Å²) in [6.45, 7) is 4.42. The molecule has 2 saturated heterocycles. The quantitative estimate of drug-likeness (QED) is 0.791. The SMILES string of the molecule is CC(NC(=O)C1CC(=O)N(C2CCCC2)C1)C(=O)N1CCOCC1. The Balaban J connectivity index is 1.51. The first-order chi connectivity index (χ1) is 11.6. The molecule has 0 aromatic heterocycles. The molecule has 2 atom stereocenters. The molecule has 0 bridgehead atoms. The maximum atomic E-state index is 12.5. The normalized spacial score (nSPS) is 26.7. The van der Waals surface area contributed by atoms with Gasteiger partial charge in [-0.3, -0.25) is 14.4 Å². The van der Waals surface area contributed by atoms with Crippen LogP contribution in [-0.2, 0) is 19.1 Å². The molecule has 1 saturated carbocycles. The van der Waals surface area contributed by atoms with Gasteiger partial charge in [0.15, 0.2) is 0 Å². The third kappa shape index (κ3) is 3.71. The fraction of sp³-hybridized carbons (Fsp3) is 0.824. The summed E-state index contributed by atoms with van der Waals surface area (Å²) in [6, 6.07) is -0.256. The van der Waals surface area contributed by atoms with Gasteiger partial charge in [0, 0.05) is 32.1 Å². The van der Waals surface area contributed by atoms with Gasteiger partial charge in [0.25, 0.3) is 0 Å². The number of carbonyl (C=O) groups excluding carboxylic acids is 3. The highest BCUT2D eigenvalue weighted by Crippen LogP contribution is 2.29. The van der Waals surface area contributed by atoms with Gasteiger partial charge in [-0.1, -0.05) is 12.8 Å². The lowest BCUT2D eigenvalue weighted by Crippen LogP contribution is -2.51. The molecule has 3 fully saturated rings. The van der Waals surface area contributed by atoms with Crippen LogP contribution in [0.15, 0.2) is 0 Å². The predicted octanol–water partition coefficient (Wildman–Crippen LogP) is 0.141. The van der Waals surface area contributed by atoms with E-state index in [2.05, 4.69) is 5.32 Å². The summed E-state index contributed by atoms with van der Waals surface area (Å²) in [5.74, 6) is -0.520. The molecule has 3 amide bonds. The fourth-order valence-corrected chi connectivity index (χ4v) is 3.93. The Hall–Kier alpha value is -1.63. The van der Waals surface area contributed by atoms with E-state index in [1.54, 1.807) is 11.8 Å². The van der Waals surface area contributed by atoms with Crippen LogP contribution in [0, 0.1) is 5.92 Å². The van der Waals surface area contributed by atoms with Gasteiger partial charge in [0.2, 0.25) is 17.7 Å². The van der Waals surface area contributed by atoms with Crippen molar-refractivity contribution in [3.05, 3.63) is 0 Å². The lowest BCUT2D eigenvalue weighted by Gasteiger charge is -2.29. The van der Waals surface area contributed by atoms with E-state index < -0.39 is 6.04 Å². The van der Waals surface area contributed by atoms with E-state index in [0.29, 0.717) is 38.9 Å². The van der Waals surface area contributed by atoms with Gasteiger partial charge in [0.1, 0.15) is 6.04 Å². The monoisotopic (exact) mass is 337 g/mol. The van der Waals surface area contributed by atoms with E-state index >= 15 is 0 Å². The molecule has 24 heavy (non-hydrogen) atoms. The maximum absolute atomic E-state index is 12.5. The smallest absolute Gasteiger partial charge is 0.245 e. The van der Waals surface area contributed by atoms with Crippen LogP contribution in [0.2, 0.25) is 0 Å². The highest BCUT2D eigenvalue weighted by Gasteiger charge is 2.39. The van der Waals surface area contributed by atoms with Crippen molar-refractivity contribution in [2.24, 2.45) is 5.92 Å². The zero-order chi connectivity index (χ0) is 17.1. The highest BCUT2D eigenvalue weighted by molar-refractivity contribution is 5.92. The minimum atomic E-state index is -0.564. The summed E-state index contributed by atoms with van der Waals surface area (Å²) < 4.78 is 5.24. The van der Waals surface area contributed by atoms with Crippen LogP contribution in [0.25, 0.3) is 0 Å². The summed E-state index contributed by atoms with van der Waals surface area (Å²) in [7, 11) is 0. The van der Waals surface area contributed by atoms with E-state index in [-0.39, 0.29) is 30.1 Å². The number of rotatable bonds is 4. The molecule has 134 valence electrons. The third-order valence-corrected chi connectivity index (χ3v) is 5.35. The predicted molar refractivity (Wildman–Crippen MR) is 87.1 cm³/mol. The molecular weight excluding hydrogens is 310 g/mol. The van der Waals surface area contributed by atoms with Crippen molar-refractivity contribution in [2.45, 2.75) is 51.1 Å². The Morgan fingerprint density at radius 1 is 1.21 bits per heavy atom. The summed E-state index contributed by atoms with van der Waals surface area (Å²) in [6.07, 6.45) is 4.69. The molecule has 1 aliphatic carbocycles.